The Hall–Kier alpha value is -3.01. The Morgan fingerprint density at radius 2 is 1.91 bits per heavy atom. The summed E-state index contributed by atoms with van der Waals surface area (Å²) < 4.78 is 29.3. The number of hydrogen-bond acceptors (Lipinski definition) is 5. The molecule has 1 atom stereocenters. The van der Waals surface area contributed by atoms with Crippen molar-refractivity contribution >= 4 is 38.9 Å². The molecule has 4 rings (SSSR count). The first kappa shape index (κ1) is 25.1. The van der Waals surface area contributed by atoms with Crippen LogP contribution >= 0.6 is 11.3 Å². The molecule has 3 aromatic rings. The van der Waals surface area contributed by atoms with Crippen LogP contribution in [0.5, 0.6) is 0 Å². The van der Waals surface area contributed by atoms with Gasteiger partial charge in [0.05, 0.1) is 11.7 Å². The van der Waals surface area contributed by atoms with Gasteiger partial charge in [0.1, 0.15) is 4.90 Å². The first-order chi connectivity index (χ1) is 16.8. The molecule has 0 spiro atoms. The van der Waals surface area contributed by atoms with Crippen LogP contribution < -0.4 is 10.6 Å². The van der Waals surface area contributed by atoms with Crippen LogP contribution in [0, 0.1) is 6.92 Å². The summed E-state index contributed by atoms with van der Waals surface area (Å²) in [5.41, 5.74) is 2.88. The Bertz CT molecular complexity index is 1320. The van der Waals surface area contributed by atoms with Crippen LogP contribution in [0.4, 0.5) is 5.69 Å². The number of sulfonamides is 1. The maximum atomic E-state index is 14.0. The summed E-state index contributed by atoms with van der Waals surface area (Å²) in [6.07, 6.45) is 1.30. The molecule has 2 heterocycles. The molecule has 2 amide bonds. The van der Waals surface area contributed by atoms with E-state index in [1.807, 2.05) is 41.8 Å². The zero-order valence-corrected chi connectivity index (χ0v) is 21.4. The summed E-state index contributed by atoms with van der Waals surface area (Å²) in [4.78, 5) is 25.9. The van der Waals surface area contributed by atoms with Crippen LogP contribution in [0.2, 0.25) is 0 Å². The zero-order valence-electron chi connectivity index (χ0n) is 19.8. The van der Waals surface area contributed by atoms with Crippen molar-refractivity contribution in [2.45, 2.75) is 44.0 Å². The molecule has 0 bridgehead atoms. The minimum atomic E-state index is -4.01. The Kier molecular flexibility index (Phi) is 7.69. The summed E-state index contributed by atoms with van der Waals surface area (Å²) in [6.45, 7) is 3.89. The van der Waals surface area contributed by atoms with Crippen molar-refractivity contribution < 1.29 is 18.0 Å². The van der Waals surface area contributed by atoms with Crippen molar-refractivity contribution in [3.63, 3.8) is 0 Å². The second kappa shape index (κ2) is 10.7. The summed E-state index contributed by atoms with van der Waals surface area (Å²) >= 11 is 1.64. The first-order valence-electron chi connectivity index (χ1n) is 11.5. The summed E-state index contributed by atoms with van der Waals surface area (Å²) in [5, 5.41) is 7.58. The maximum absolute atomic E-state index is 14.0. The van der Waals surface area contributed by atoms with Gasteiger partial charge in [-0.05, 0) is 60.0 Å². The fraction of sp³-hybridized carbons (Fsp3) is 0.308. The summed E-state index contributed by atoms with van der Waals surface area (Å²) in [5.74, 6) is -0.550. The first-order valence-corrected chi connectivity index (χ1v) is 13.8. The lowest BCUT2D eigenvalue weighted by Gasteiger charge is -2.36. The van der Waals surface area contributed by atoms with Gasteiger partial charge in [-0.15, -0.1) is 11.3 Å². The predicted octanol–water partition coefficient (Wildman–Crippen LogP) is 4.05. The van der Waals surface area contributed by atoms with Gasteiger partial charge in [0.25, 0.3) is 0 Å². The van der Waals surface area contributed by atoms with E-state index in [-0.39, 0.29) is 35.4 Å². The van der Waals surface area contributed by atoms with E-state index >= 15 is 0 Å². The SMILES string of the molecule is CC(=O)Nc1ccc(C)cc1S(=O)(=O)N1CCc2ccccc2[C@H]1CC(=O)NCCc1cccs1. The normalized spacial score (nSPS) is 15.9. The predicted molar refractivity (Wildman–Crippen MR) is 138 cm³/mol. The lowest BCUT2D eigenvalue weighted by molar-refractivity contribution is -0.122. The highest BCUT2D eigenvalue weighted by atomic mass is 32.2. The molecule has 0 aliphatic carbocycles. The number of nitrogens with one attached hydrogen (secondary N) is 2. The van der Waals surface area contributed by atoms with Crippen molar-refractivity contribution in [1.29, 1.82) is 0 Å². The molecule has 1 aliphatic heterocycles. The fourth-order valence-corrected chi connectivity index (χ4v) is 6.97. The van der Waals surface area contributed by atoms with Gasteiger partial charge in [-0.2, -0.15) is 4.31 Å². The van der Waals surface area contributed by atoms with Gasteiger partial charge in [0.15, 0.2) is 0 Å². The van der Waals surface area contributed by atoms with E-state index in [1.165, 1.54) is 16.1 Å². The molecular formula is C26H29N3O4S2. The molecule has 184 valence electrons. The number of rotatable bonds is 8. The molecule has 7 nitrogen and oxygen atoms in total. The average Bonchev–Trinajstić information content (AvgIpc) is 3.33. The Labute approximate surface area is 210 Å². The quantitative estimate of drug-likeness (QED) is 0.477. The van der Waals surface area contributed by atoms with Crippen LogP contribution in [0.25, 0.3) is 0 Å². The molecule has 1 aliphatic rings. The molecule has 9 heteroatoms. The Morgan fingerprint density at radius 3 is 2.66 bits per heavy atom. The van der Waals surface area contributed by atoms with Gasteiger partial charge in [-0.3, -0.25) is 9.59 Å². The highest BCUT2D eigenvalue weighted by Crippen LogP contribution is 2.38. The van der Waals surface area contributed by atoms with Gasteiger partial charge in [-0.25, -0.2) is 8.42 Å². The number of aryl methyl sites for hydroxylation is 1. The smallest absolute Gasteiger partial charge is 0.245 e. The molecule has 0 unspecified atom stereocenters. The van der Waals surface area contributed by atoms with Crippen LogP contribution in [-0.2, 0) is 32.5 Å². The third kappa shape index (κ3) is 5.80. The highest BCUT2D eigenvalue weighted by Gasteiger charge is 2.38. The van der Waals surface area contributed by atoms with E-state index < -0.39 is 16.1 Å². The highest BCUT2D eigenvalue weighted by molar-refractivity contribution is 7.89. The van der Waals surface area contributed by atoms with Crippen LogP contribution in [0.1, 0.15) is 41.0 Å². The van der Waals surface area contributed by atoms with Crippen molar-refractivity contribution in [2.75, 3.05) is 18.4 Å². The third-order valence-corrected chi connectivity index (χ3v) is 8.93. The van der Waals surface area contributed by atoms with Crippen molar-refractivity contribution in [3.8, 4) is 0 Å². The molecule has 0 radical (unpaired) electrons. The number of carbonyl (C=O) groups excluding carboxylic acids is 2. The largest absolute Gasteiger partial charge is 0.356 e. The van der Waals surface area contributed by atoms with Crippen molar-refractivity contribution in [1.82, 2.24) is 9.62 Å². The van der Waals surface area contributed by atoms with Gasteiger partial charge in [-0.1, -0.05) is 36.4 Å². The molecule has 0 saturated heterocycles. The van der Waals surface area contributed by atoms with Gasteiger partial charge >= 0.3 is 0 Å². The average molecular weight is 512 g/mol. The number of nitrogens with zero attached hydrogens (tertiary/aromatic N) is 1. The number of benzene rings is 2. The maximum Gasteiger partial charge on any atom is 0.245 e. The van der Waals surface area contributed by atoms with E-state index in [0.29, 0.717) is 13.0 Å². The Balaban J connectivity index is 1.63. The van der Waals surface area contributed by atoms with E-state index in [9.17, 15) is 18.0 Å². The second-order valence-electron chi connectivity index (χ2n) is 8.64. The second-order valence-corrected chi connectivity index (χ2v) is 11.5. The topological polar surface area (TPSA) is 95.6 Å². The lowest BCUT2D eigenvalue weighted by Crippen LogP contribution is -2.42. The van der Waals surface area contributed by atoms with Crippen molar-refractivity contribution in [2.24, 2.45) is 0 Å². The van der Waals surface area contributed by atoms with Gasteiger partial charge < -0.3 is 10.6 Å². The van der Waals surface area contributed by atoms with Gasteiger partial charge in [0.2, 0.25) is 21.8 Å². The van der Waals surface area contributed by atoms with E-state index in [4.69, 9.17) is 0 Å². The molecule has 2 aromatic carbocycles. The number of amides is 2. The van der Waals surface area contributed by atoms with Gasteiger partial charge in [0, 0.05) is 31.3 Å². The number of anilines is 1. The summed E-state index contributed by atoms with van der Waals surface area (Å²) in [7, 11) is -4.01. The summed E-state index contributed by atoms with van der Waals surface area (Å²) in [6, 6.07) is 16.0. The number of fused-ring (bicyclic) bond motifs is 1. The van der Waals surface area contributed by atoms with Crippen LogP contribution in [0.15, 0.2) is 64.9 Å². The number of carbonyl (C=O) groups is 2. The minimum absolute atomic E-state index is 0.0158. The third-order valence-electron chi connectivity index (χ3n) is 6.05. The molecule has 0 fully saturated rings. The molecule has 35 heavy (non-hydrogen) atoms. The molecule has 0 saturated carbocycles. The molecule has 2 N–H and O–H groups in total. The molecule has 1 aromatic heterocycles. The van der Waals surface area contributed by atoms with Crippen molar-refractivity contribution in [3.05, 3.63) is 81.5 Å². The van der Waals surface area contributed by atoms with E-state index in [2.05, 4.69) is 10.6 Å². The zero-order chi connectivity index (χ0) is 25.0. The fourth-order valence-electron chi connectivity index (χ4n) is 4.42. The number of hydrogen-bond donors (Lipinski definition) is 2. The number of thiophene rings is 1. The monoisotopic (exact) mass is 511 g/mol. The lowest BCUT2D eigenvalue weighted by atomic mass is 9.92. The van der Waals surface area contributed by atoms with Crippen LogP contribution in [0.3, 0.4) is 0 Å². The van der Waals surface area contributed by atoms with Crippen LogP contribution in [-0.4, -0.2) is 37.6 Å². The molecular weight excluding hydrogens is 482 g/mol. The van der Waals surface area contributed by atoms with E-state index in [1.54, 1.807) is 36.5 Å². The standard InChI is InChI=1S/C26H29N3O4S2/c1-18-9-10-23(28-19(2)30)25(16-18)35(32,33)29-14-12-20-6-3-4-8-22(20)24(29)17-26(31)27-13-11-21-7-5-15-34-21/h3-10,15-16,24H,11-14,17H2,1-2H3,(H,27,31)(H,28,30)/t24-/m1/s1. The minimum Gasteiger partial charge on any atom is -0.356 e. The Morgan fingerprint density at radius 1 is 1.11 bits per heavy atom. The van der Waals surface area contributed by atoms with E-state index in [0.717, 1.165) is 23.1 Å².